The van der Waals surface area contributed by atoms with Crippen molar-refractivity contribution < 1.29 is 9.53 Å². The van der Waals surface area contributed by atoms with Crippen LogP contribution in [0.5, 0.6) is 0 Å². The van der Waals surface area contributed by atoms with Crippen molar-refractivity contribution in [3.05, 3.63) is 0 Å². The highest BCUT2D eigenvalue weighted by Gasteiger charge is 2.32. The smallest absolute Gasteiger partial charge is 0.240 e. The van der Waals surface area contributed by atoms with Crippen LogP contribution in [0.15, 0.2) is 0 Å². The minimum absolute atomic E-state index is 0.0986. The molecular formula is C16H31N3O2. The van der Waals surface area contributed by atoms with Crippen LogP contribution in [0, 0.1) is 5.41 Å². The first-order valence-corrected chi connectivity index (χ1v) is 8.26. The lowest BCUT2D eigenvalue weighted by Crippen LogP contribution is -2.51. The van der Waals surface area contributed by atoms with E-state index in [-0.39, 0.29) is 11.3 Å². The van der Waals surface area contributed by atoms with E-state index in [0.29, 0.717) is 6.10 Å². The van der Waals surface area contributed by atoms with E-state index in [9.17, 15) is 4.79 Å². The largest absolute Gasteiger partial charge is 0.377 e. The van der Waals surface area contributed by atoms with Crippen LogP contribution in [0.2, 0.25) is 0 Å². The van der Waals surface area contributed by atoms with Gasteiger partial charge >= 0.3 is 0 Å². The summed E-state index contributed by atoms with van der Waals surface area (Å²) in [6.07, 6.45) is 3.77. The Hall–Kier alpha value is -0.650. The standard InChI is InChI=1S/C16H31N3O2/c1-16(2,3)14(17)15(20)19-8-5-7-18(9-10-19)12-13-6-4-11-21-13/h13-14H,4-12,17H2,1-3H3. The Balaban J connectivity index is 1.83. The summed E-state index contributed by atoms with van der Waals surface area (Å²) in [6.45, 7) is 11.6. The number of hydrogen-bond acceptors (Lipinski definition) is 4. The Bertz CT molecular complexity index is 348. The number of carbonyl (C=O) groups is 1. The van der Waals surface area contributed by atoms with Crippen LogP contribution in [0.1, 0.15) is 40.0 Å². The van der Waals surface area contributed by atoms with Crippen molar-refractivity contribution in [2.24, 2.45) is 11.1 Å². The van der Waals surface area contributed by atoms with Crippen molar-refractivity contribution >= 4 is 5.91 Å². The average molecular weight is 297 g/mol. The van der Waals surface area contributed by atoms with Gasteiger partial charge in [-0.2, -0.15) is 0 Å². The molecule has 1 amide bonds. The molecule has 0 spiro atoms. The van der Waals surface area contributed by atoms with Crippen molar-refractivity contribution in [3.63, 3.8) is 0 Å². The third kappa shape index (κ3) is 4.66. The van der Waals surface area contributed by atoms with Gasteiger partial charge in [-0.3, -0.25) is 9.69 Å². The molecule has 2 N–H and O–H groups in total. The Kier molecular flexibility index (Phi) is 5.63. The van der Waals surface area contributed by atoms with Crippen molar-refractivity contribution in [1.82, 2.24) is 9.80 Å². The molecule has 2 unspecified atom stereocenters. The molecule has 122 valence electrons. The molecule has 5 nitrogen and oxygen atoms in total. The summed E-state index contributed by atoms with van der Waals surface area (Å²) in [5.41, 5.74) is 5.94. The summed E-state index contributed by atoms with van der Waals surface area (Å²) in [6, 6.07) is -0.415. The number of amides is 1. The van der Waals surface area contributed by atoms with E-state index in [4.69, 9.17) is 10.5 Å². The Morgan fingerprint density at radius 3 is 2.62 bits per heavy atom. The van der Waals surface area contributed by atoms with Gasteiger partial charge in [-0.1, -0.05) is 20.8 Å². The van der Waals surface area contributed by atoms with Crippen LogP contribution in [-0.4, -0.2) is 67.2 Å². The third-order valence-electron chi connectivity index (χ3n) is 4.59. The number of hydrogen-bond donors (Lipinski definition) is 1. The van der Waals surface area contributed by atoms with E-state index in [1.165, 1.54) is 12.8 Å². The average Bonchev–Trinajstić information content (AvgIpc) is 2.81. The summed E-state index contributed by atoms with van der Waals surface area (Å²) in [5.74, 6) is 0.0986. The number of nitrogens with zero attached hydrogens (tertiary/aromatic N) is 2. The molecule has 5 heteroatoms. The Labute approximate surface area is 128 Å². The number of ether oxygens (including phenoxy) is 1. The number of rotatable bonds is 3. The lowest BCUT2D eigenvalue weighted by Gasteiger charge is -2.31. The molecule has 2 aliphatic rings. The molecule has 0 radical (unpaired) electrons. The monoisotopic (exact) mass is 297 g/mol. The van der Waals surface area contributed by atoms with Crippen LogP contribution in [0.4, 0.5) is 0 Å². The molecule has 0 aromatic carbocycles. The summed E-state index contributed by atoms with van der Waals surface area (Å²) < 4.78 is 5.71. The molecule has 2 rings (SSSR count). The summed E-state index contributed by atoms with van der Waals surface area (Å²) >= 11 is 0. The molecule has 0 aromatic heterocycles. The van der Waals surface area contributed by atoms with Gasteiger partial charge in [-0.05, 0) is 31.2 Å². The van der Waals surface area contributed by atoms with Crippen LogP contribution >= 0.6 is 0 Å². The van der Waals surface area contributed by atoms with Crippen LogP contribution in [-0.2, 0) is 9.53 Å². The first-order valence-electron chi connectivity index (χ1n) is 8.26. The molecule has 2 aliphatic heterocycles. The summed E-state index contributed by atoms with van der Waals surface area (Å²) in [7, 11) is 0. The van der Waals surface area contributed by atoms with Crippen molar-refractivity contribution in [3.8, 4) is 0 Å². The fourth-order valence-electron chi connectivity index (χ4n) is 3.02. The predicted octanol–water partition coefficient (Wildman–Crippen LogP) is 1.07. The van der Waals surface area contributed by atoms with Gasteiger partial charge < -0.3 is 15.4 Å². The fraction of sp³-hybridized carbons (Fsp3) is 0.938. The van der Waals surface area contributed by atoms with Gasteiger partial charge in [-0.15, -0.1) is 0 Å². The lowest BCUT2D eigenvalue weighted by atomic mass is 9.86. The molecule has 0 aromatic rings. The second-order valence-corrected chi connectivity index (χ2v) is 7.46. The van der Waals surface area contributed by atoms with Crippen LogP contribution < -0.4 is 5.73 Å². The van der Waals surface area contributed by atoms with E-state index in [2.05, 4.69) is 4.90 Å². The predicted molar refractivity (Wildman–Crippen MR) is 84.0 cm³/mol. The zero-order valence-electron chi connectivity index (χ0n) is 13.8. The molecule has 2 fully saturated rings. The minimum Gasteiger partial charge on any atom is -0.377 e. The molecule has 2 saturated heterocycles. The van der Waals surface area contributed by atoms with Crippen LogP contribution in [0.3, 0.4) is 0 Å². The zero-order valence-corrected chi connectivity index (χ0v) is 13.8. The second-order valence-electron chi connectivity index (χ2n) is 7.46. The van der Waals surface area contributed by atoms with Gasteiger partial charge in [0.15, 0.2) is 0 Å². The van der Waals surface area contributed by atoms with Gasteiger partial charge in [0.25, 0.3) is 0 Å². The molecule has 21 heavy (non-hydrogen) atoms. The SMILES string of the molecule is CC(C)(C)C(N)C(=O)N1CCCN(CC2CCCO2)CC1. The normalized spacial score (nSPS) is 26.7. The Morgan fingerprint density at radius 2 is 2.00 bits per heavy atom. The minimum atomic E-state index is -0.415. The fourth-order valence-corrected chi connectivity index (χ4v) is 3.02. The van der Waals surface area contributed by atoms with Crippen LogP contribution in [0.25, 0.3) is 0 Å². The highest BCUT2D eigenvalue weighted by molar-refractivity contribution is 5.82. The molecule has 0 saturated carbocycles. The number of nitrogens with two attached hydrogens (primary N) is 1. The van der Waals surface area contributed by atoms with E-state index in [1.807, 2.05) is 25.7 Å². The molecule has 2 heterocycles. The van der Waals surface area contributed by atoms with Gasteiger partial charge in [-0.25, -0.2) is 0 Å². The van der Waals surface area contributed by atoms with Gasteiger partial charge in [0.1, 0.15) is 0 Å². The lowest BCUT2D eigenvalue weighted by molar-refractivity contribution is -0.134. The maximum atomic E-state index is 12.5. The molecule has 2 atom stereocenters. The van der Waals surface area contributed by atoms with Crippen molar-refractivity contribution in [2.75, 3.05) is 39.3 Å². The quantitative estimate of drug-likeness (QED) is 0.846. The number of carbonyl (C=O) groups excluding carboxylic acids is 1. The van der Waals surface area contributed by atoms with Gasteiger partial charge in [0.2, 0.25) is 5.91 Å². The first kappa shape index (κ1) is 16.7. The third-order valence-corrected chi connectivity index (χ3v) is 4.59. The highest BCUT2D eigenvalue weighted by Crippen LogP contribution is 2.20. The highest BCUT2D eigenvalue weighted by atomic mass is 16.5. The van der Waals surface area contributed by atoms with E-state index in [0.717, 1.165) is 45.8 Å². The summed E-state index contributed by atoms with van der Waals surface area (Å²) in [5, 5.41) is 0. The first-order chi connectivity index (χ1) is 9.88. The Morgan fingerprint density at radius 1 is 1.24 bits per heavy atom. The van der Waals surface area contributed by atoms with Gasteiger partial charge in [0.05, 0.1) is 12.1 Å². The second kappa shape index (κ2) is 7.07. The topological polar surface area (TPSA) is 58.8 Å². The molecule has 0 bridgehead atoms. The van der Waals surface area contributed by atoms with E-state index >= 15 is 0 Å². The van der Waals surface area contributed by atoms with Crippen molar-refractivity contribution in [1.29, 1.82) is 0 Å². The van der Waals surface area contributed by atoms with Gasteiger partial charge in [0, 0.05) is 32.8 Å². The van der Waals surface area contributed by atoms with E-state index in [1.54, 1.807) is 0 Å². The zero-order chi connectivity index (χ0) is 15.5. The van der Waals surface area contributed by atoms with E-state index < -0.39 is 6.04 Å². The maximum absolute atomic E-state index is 12.5. The molecule has 0 aliphatic carbocycles. The summed E-state index contributed by atoms with van der Waals surface area (Å²) in [4.78, 5) is 16.9. The maximum Gasteiger partial charge on any atom is 0.240 e. The van der Waals surface area contributed by atoms with Crippen molar-refractivity contribution in [2.45, 2.75) is 52.2 Å². The molecular weight excluding hydrogens is 266 g/mol.